The Balaban J connectivity index is 1.88. The fraction of sp³-hybridized carbons (Fsp3) is 0.429. The molecular weight excluding hydrogens is 308 g/mol. The van der Waals surface area contributed by atoms with Crippen molar-refractivity contribution in [2.45, 2.75) is 12.5 Å². The minimum absolute atomic E-state index is 0.00253. The third-order valence-electron chi connectivity index (χ3n) is 3.65. The van der Waals surface area contributed by atoms with Crippen molar-refractivity contribution in [3.63, 3.8) is 0 Å². The summed E-state index contributed by atoms with van der Waals surface area (Å²) in [5.74, 6) is -0.274. The number of primary amides is 1. The van der Waals surface area contributed by atoms with Gasteiger partial charge in [0.05, 0.1) is 11.5 Å². The van der Waals surface area contributed by atoms with Crippen molar-refractivity contribution in [1.82, 2.24) is 4.90 Å². The number of likely N-dealkylation sites (N-methyl/N-ethyl adjacent to an activating group) is 1. The predicted molar refractivity (Wildman–Crippen MR) is 80.3 cm³/mol. The van der Waals surface area contributed by atoms with E-state index in [0.29, 0.717) is 17.7 Å². The molecule has 1 saturated heterocycles. The SMILES string of the molecule is CN(C(=O)COc1ccc(C(N)=O)cc1)[C@H]1CCS(=O)(=O)C1. The Bertz CT molecular complexity index is 669. The molecule has 120 valence electrons. The molecule has 1 aromatic rings. The first-order valence-electron chi connectivity index (χ1n) is 6.77. The highest BCUT2D eigenvalue weighted by Crippen LogP contribution is 2.17. The molecule has 1 aliphatic heterocycles. The van der Waals surface area contributed by atoms with Crippen LogP contribution in [0.15, 0.2) is 24.3 Å². The number of hydrogen-bond donors (Lipinski definition) is 1. The number of nitrogens with zero attached hydrogens (tertiary/aromatic N) is 1. The minimum atomic E-state index is -3.03. The maximum absolute atomic E-state index is 12.0. The first kappa shape index (κ1) is 16.3. The van der Waals surface area contributed by atoms with Gasteiger partial charge in [0.15, 0.2) is 16.4 Å². The van der Waals surface area contributed by atoms with Crippen molar-refractivity contribution < 1.29 is 22.7 Å². The minimum Gasteiger partial charge on any atom is -0.484 e. The van der Waals surface area contributed by atoms with Crippen LogP contribution in [0.5, 0.6) is 5.75 Å². The molecule has 0 spiro atoms. The Labute approximate surface area is 129 Å². The van der Waals surface area contributed by atoms with Crippen LogP contribution in [0.2, 0.25) is 0 Å². The number of ether oxygens (including phenoxy) is 1. The molecule has 2 amide bonds. The van der Waals surface area contributed by atoms with Gasteiger partial charge < -0.3 is 15.4 Å². The van der Waals surface area contributed by atoms with Crippen LogP contribution in [-0.2, 0) is 14.6 Å². The predicted octanol–water partition coefficient (Wildman–Crippen LogP) is -0.190. The van der Waals surface area contributed by atoms with Gasteiger partial charge in [0, 0.05) is 18.7 Å². The molecule has 7 nitrogen and oxygen atoms in total. The summed E-state index contributed by atoms with van der Waals surface area (Å²) in [6.07, 6.45) is 0.456. The first-order valence-corrected chi connectivity index (χ1v) is 8.59. The molecule has 0 aliphatic carbocycles. The zero-order valence-corrected chi connectivity index (χ0v) is 13.0. The van der Waals surface area contributed by atoms with Crippen LogP contribution < -0.4 is 10.5 Å². The second kappa shape index (κ2) is 6.35. The van der Waals surface area contributed by atoms with Crippen LogP contribution >= 0.6 is 0 Å². The number of sulfone groups is 1. The molecule has 0 radical (unpaired) electrons. The number of carbonyl (C=O) groups is 2. The van der Waals surface area contributed by atoms with E-state index in [0.717, 1.165) is 0 Å². The summed E-state index contributed by atoms with van der Waals surface area (Å²) in [5, 5.41) is 0. The third kappa shape index (κ3) is 3.97. The summed E-state index contributed by atoms with van der Waals surface area (Å²) < 4.78 is 28.2. The molecule has 0 bridgehead atoms. The lowest BCUT2D eigenvalue weighted by Gasteiger charge is -2.23. The van der Waals surface area contributed by atoms with Crippen LogP contribution in [0.4, 0.5) is 0 Å². The zero-order valence-electron chi connectivity index (χ0n) is 12.2. The molecule has 2 N–H and O–H groups in total. The second-order valence-corrected chi connectivity index (χ2v) is 7.47. The van der Waals surface area contributed by atoms with Crippen LogP contribution in [0.1, 0.15) is 16.8 Å². The highest BCUT2D eigenvalue weighted by Gasteiger charge is 2.32. The molecule has 2 rings (SSSR count). The summed E-state index contributed by atoms with van der Waals surface area (Å²) in [7, 11) is -1.46. The van der Waals surface area contributed by atoms with Gasteiger partial charge >= 0.3 is 0 Å². The van der Waals surface area contributed by atoms with E-state index < -0.39 is 15.7 Å². The van der Waals surface area contributed by atoms with Crippen molar-refractivity contribution in [1.29, 1.82) is 0 Å². The van der Waals surface area contributed by atoms with E-state index in [1.54, 1.807) is 19.2 Å². The van der Waals surface area contributed by atoms with Crippen molar-refractivity contribution in [3.05, 3.63) is 29.8 Å². The Morgan fingerprint density at radius 3 is 2.45 bits per heavy atom. The molecule has 1 atom stereocenters. The van der Waals surface area contributed by atoms with E-state index in [1.165, 1.54) is 17.0 Å². The molecule has 0 unspecified atom stereocenters. The Hall–Kier alpha value is -2.09. The van der Waals surface area contributed by atoms with Gasteiger partial charge in [-0.2, -0.15) is 0 Å². The topological polar surface area (TPSA) is 107 Å². The molecule has 0 aromatic heterocycles. The summed E-state index contributed by atoms with van der Waals surface area (Å²) in [6.45, 7) is -0.192. The molecule has 1 fully saturated rings. The van der Waals surface area contributed by atoms with E-state index in [9.17, 15) is 18.0 Å². The average Bonchev–Trinajstić information content (AvgIpc) is 2.84. The van der Waals surface area contributed by atoms with Gasteiger partial charge in [0.1, 0.15) is 5.75 Å². The summed E-state index contributed by atoms with van der Waals surface area (Å²) >= 11 is 0. The molecular formula is C14H18N2O5S. The van der Waals surface area contributed by atoms with Gasteiger partial charge in [-0.15, -0.1) is 0 Å². The monoisotopic (exact) mass is 326 g/mol. The standard InChI is InChI=1S/C14H18N2O5S/c1-16(11-6-7-22(19,20)9-11)13(17)8-21-12-4-2-10(3-5-12)14(15)18/h2-5,11H,6-9H2,1H3,(H2,15,18)/t11-/m0/s1. The molecule has 1 heterocycles. The van der Waals surface area contributed by atoms with E-state index in [1.807, 2.05) is 0 Å². The van der Waals surface area contributed by atoms with Crippen LogP contribution in [-0.4, -0.2) is 56.3 Å². The van der Waals surface area contributed by atoms with Crippen LogP contribution in [0, 0.1) is 0 Å². The fourth-order valence-electron chi connectivity index (χ4n) is 2.25. The lowest BCUT2D eigenvalue weighted by atomic mass is 10.2. The Morgan fingerprint density at radius 1 is 1.32 bits per heavy atom. The molecule has 8 heteroatoms. The van der Waals surface area contributed by atoms with Gasteiger partial charge in [-0.1, -0.05) is 0 Å². The number of benzene rings is 1. The average molecular weight is 326 g/mol. The van der Waals surface area contributed by atoms with Gasteiger partial charge in [0.2, 0.25) is 5.91 Å². The zero-order chi connectivity index (χ0) is 16.3. The smallest absolute Gasteiger partial charge is 0.260 e. The third-order valence-corrected chi connectivity index (χ3v) is 5.40. The quantitative estimate of drug-likeness (QED) is 0.807. The second-order valence-electron chi connectivity index (χ2n) is 5.24. The van der Waals surface area contributed by atoms with E-state index >= 15 is 0 Å². The van der Waals surface area contributed by atoms with Crippen LogP contribution in [0.3, 0.4) is 0 Å². The summed E-state index contributed by atoms with van der Waals surface area (Å²) in [5.41, 5.74) is 5.48. The van der Waals surface area contributed by atoms with Crippen molar-refractivity contribution >= 4 is 21.7 Å². The Kier molecular flexibility index (Phi) is 4.70. The largest absolute Gasteiger partial charge is 0.484 e. The molecule has 22 heavy (non-hydrogen) atoms. The van der Waals surface area contributed by atoms with Gasteiger partial charge in [-0.05, 0) is 30.7 Å². The summed E-state index contributed by atoms with van der Waals surface area (Å²) in [6, 6.07) is 5.82. The van der Waals surface area contributed by atoms with E-state index in [-0.39, 0.29) is 30.1 Å². The van der Waals surface area contributed by atoms with E-state index in [2.05, 4.69) is 0 Å². The molecule has 1 aliphatic rings. The van der Waals surface area contributed by atoms with Crippen LogP contribution in [0.25, 0.3) is 0 Å². The van der Waals surface area contributed by atoms with Gasteiger partial charge in [0.25, 0.3) is 5.91 Å². The number of rotatable bonds is 5. The van der Waals surface area contributed by atoms with Crippen molar-refractivity contribution in [3.8, 4) is 5.75 Å². The van der Waals surface area contributed by atoms with Crippen molar-refractivity contribution in [2.75, 3.05) is 25.2 Å². The molecule has 0 saturated carbocycles. The van der Waals surface area contributed by atoms with Crippen molar-refractivity contribution in [2.24, 2.45) is 5.73 Å². The lowest BCUT2D eigenvalue weighted by molar-refractivity contribution is -0.133. The fourth-order valence-corrected chi connectivity index (χ4v) is 4.02. The van der Waals surface area contributed by atoms with Gasteiger partial charge in [-0.25, -0.2) is 8.42 Å². The first-order chi connectivity index (χ1) is 10.3. The maximum atomic E-state index is 12.0. The Morgan fingerprint density at radius 2 is 1.95 bits per heavy atom. The number of nitrogens with two attached hydrogens (primary N) is 1. The number of amides is 2. The highest BCUT2D eigenvalue weighted by atomic mass is 32.2. The molecule has 1 aromatic carbocycles. The number of hydrogen-bond acceptors (Lipinski definition) is 5. The van der Waals surface area contributed by atoms with E-state index in [4.69, 9.17) is 10.5 Å². The summed E-state index contributed by atoms with van der Waals surface area (Å²) in [4.78, 5) is 24.4. The number of carbonyl (C=O) groups excluding carboxylic acids is 2. The maximum Gasteiger partial charge on any atom is 0.260 e. The lowest BCUT2D eigenvalue weighted by Crippen LogP contribution is -2.40. The normalized spacial score (nSPS) is 19.6. The highest BCUT2D eigenvalue weighted by molar-refractivity contribution is 7.91. The van der Waals surface area contributed by atoms with Gasteiger partial charge in [-0.3, -0.25) is 9.59 Å².